The van der Waals surface area contributed by atoms with E-state index in [0.29, 0.717) is 25.0 Å². The van der Waals surface area contributed by atoms with Crippen molar-refractivity contribution in [3.8, 4) is 0 Å². The number of rotatable bonds is 3. The minimum Gasteiger partial charge on any atom is -0.444 e. The molecule has 0 aromatic heterocycles. The largest absolute Gasteiger partial charge is 0.444 e. The Labute approximate surface area is 133 Å². The quantitative estimate of drug-likeness (QED) is 0.871. The fourth-order valence-electron chi connectivity index (χ4n) is 2.61. The summed E-state index contributed by atoms with van der Waals surface area (Å²) in [5, 5.41) is 3.00. The Kier molecular flexibility index (Phi) is 5.19. The van der Waals surface area contributed by atoms with E-state index in [1.54, 1.807) is 9.80 Å². The fourth-order valence-corrected chi connectivity index (χ4v) is 2.61. The Bertz CT molecular complexity index is 407. The van der Waals surface area contributed by atoms with Crippen LogP contribution in [0.3, 0.4) is 0 Å². The maximum absolute atomic E-state index is 12.0. The van der Waals surface area contributed by atoms with Gasteiger partial charge in [0.25, 0.3) is 0 Å². The van der Waals surface area contributed by atoms with Crippen molar-refractivity contribution < 1.29 is 14.3 Å². The van der Waals surface area contributed by atoms with Gasteiger partial charge in [0.05, 0.1) is 0 Å². The third kappa shape index (κ3) is 5.39. The van der Waals surface area contributed by atoms with Gasteiger partial charge in [0.1, 0.15) is 5.60 Å². The van der Waals surface area contributed by atoms with Crippen molar-refractivity contribution in [3.63, 3.8) is 0 Å². The van der Waals surface area contributed by atoms with Crippen molar-refractivity contribution in [1.29, 1.82) is 0 Å². The van der Waals surface area contributed by atoms with E-state index in [4.69, 9.17) is 4.74 Å². The predicted molar refractivity (Wildman–Crippen MR) is 84.7 cm³/mol. The maximum atomic E-state index is 12.0. The van der Waals surface area contributed by atoms with E-state index in [1.165, 1.54) is 0 Å². The van der Waals surface area contributed by atoms with Crippen LogP contribution in [0.2, 0.25) is 0 Å². The summed E-state index contributed by atoms with van der Waals surface area (Å²) in [6.07, 6.45) is 3.81. The Hall–Kier alpha value is -1.46. The van der Waals surface area contributed by atoms with Gasteiger partial charge >= 0.3 is 12.1 Å². The molecular formula is C16H29N3O3. The van der Waals surface area contributed by atoms with Gasteiger partial charge in [-0.05, 0) is 52.4 Å². The Morgan fingerprint density at radius 2 is 1.77 bits per heavy atom. The number of urea groups is 1. The summed E-state index contributed by atoms with van der Waals surface area (Å²) in [5.74, 6) is 0.452. The second kappa shape index (κ2) is 6.75. The number of hydrogen-bond donors (Lipinski definition) is 1. The Morgan fingerprint density at radius 1 is 1.18 bits per heavy atom. The number of nitrogens with one attached hydrogen (secondary N) is 1. The van der Waals surface area contributed by atoms with Crippen LogP contribution in [0, 0.1) is 5.92 Å². The molecule has 3 amide bonds. The van der Waals surface area contributed by atoms with Crippen LogP contribution in [0.25, 0.3) is 0 Å². The van der Waals surface area contributed by atoms with E-state index in [-0.39, 0.29) is 12.1 Å². The lowest BCUT2D eigenvalue weighted by Gasteiger charge is -2.34. The summed E-state index contributed by atoms with van der Waals surface area (Å²) < 4.78 is 5.39. The molecule has 0 aromatic carbocycles. The van der Waals surface area contributed by atoms with Gasteiger partial charge in [0, 0.05) is 32.7 Å². The molecular weight excluding hydrogens is 282 g/mol. The van der Waals surface area contributed by atoms with Crippen LogP contribution < -0.4 is 5.32 Å². The van der Waals surface area contributed by atoms with Crippen molar-refractivity contribution in [3.05, 3.63) is 0 Å². The van der Waals surface area contributed by atoms with Crippen molar-refractivity contribution in [2.75, 3.05) is 26.7 Å². The number of piperidine rings is 1. The van der Waals surface area contributed by atoms with Gasteiger partial charge in [0.2, 0.25) is 0 Å². The van der Waals surface area contributed by atoms with Crippen LogP contribution >= 0.6 is 0 Å². The van der Waals surface area contributed by atoms with Crippen molar-refractivity contribution in [2.24, 2.45) is 5.92 Å². The number of carbonyl (C=O) groups is 2. The number of amides is 3. The number of ether oxygens (including phenoxy) is 1. The molecule has 0 unspecified atom stereocenters. The van der Waals surface area contributed by atoms with Crippen LogP contribution in [-0.4, -0.2) is 60.2 Å². The van der Waals surface area contributed by atoms with E-state index in [1.807, 2.05) is 27.8 Å². The molecule has 2 aliphatic rings. The number of likely N-dealkylation sites (tertiary alicyclic amines) is 1. The first kappa shape index (κ1) is 16.9. The third-order valence-electron chi connectivity index (χ3n) is 4.05. The highest BCUT2D eigenvalue weighted by Crippen LogP contribution is 2.21. The zero-order valence-electron chi connectivity index (χ0n) is 14.2. The topological polar surface area (TPSA) is 61.9 Å². The summed E-state index contributed by atoms with van der Waals surface area (Å²) in [6, 6.07) is 0.418. The van der Waals surface area contributed by atoms with Gasteiger partial charge in [-0.25, -0.2) is 9.59 Å². The smallest absolute Gasteiger partial charge is 0.410 e. The van der Waals surface area contributed by atoms with Crippen LogP contribution in [0.4, 0.5) is 9.59 Å². The van der Waals surface area contributed by atoms with Gasteiger partial charge in [-0.15, -0.1) is 0 Å². The predicted octanol–water partition coefficient (Wildman–Crippen LogP) is 2.44. The first-order valence-electron chi connectivity index (χ1n) is 8.24. The molecule has 1 heterocycles. The summed E-state index contributed by atoms with van der Waals surface area (Å²) in [7, 11) is 1.85. The van der Waals surface area contributed by atoms with Gasteiger partial charge in [-0.2, -0.15) is 0 Å². The molecule has 6 nitrogen and oxygen atoms in total. The summed E-state index contributed by atoms with van der Waals surface area (Å²) in [4.78, 5) is 27.5. The normalized spacial score (nSPS) is 19.7. The monoisotopic (exact) mass is 311 g/mol. The standard InChI is InChI=1S/C16H29N3O3/c1-16(2,3)22-15(21)19-9-7-12(8-10-19)11-18(4)14(20)17-13-5-6-13/h12-13H,5-11H2,1-4H3,(H,17,20). The molecule has 1 saturated heterocycles. The van der Waals surface area contributed by atoms with E-state index in [9.17, 15) is 9.59 Å². The van der Waals surface area contributed by atoms with Crippen molar-refractivity contribution in [2.45, 2.75) is 58.1 Å². The molecule has 1 aliphatic heterocycles. The summed E-state index contributed by atoms with van der Waals surface area (Å²) in [5.41, 5.74) is -0.449. The van der Waals surface area contributed by atoms with E-state index >= 15 is 0 Å². The molecule has 2 rings (SSSR count). The molecule has 1 aliphatic carbocycles. The van der Waals surface area contributed by atoms with Gasteiger partial charge in [-0.1, -0.05) is 0 Å². The zero-order valence-corrected chi connectivity index (χ0v) is 14.2. The minimum absolute atomic E-state index is 0.0251. The number of nitrogens with zero attached hydrogens (tertiary/aromatic N) is 2. The zero-order chi connectivity index (χ0) is 16.3. The van der Waals surface area contributed by atoms with Crippen molar-refractivity contribution in [1.82, 2.24) is 15.1 Å². The Balaban J connectivity index is 1.70. The average Bonchev–Trinajstić information content (AvgIpc) is 3.21. The molecule has 0 spiro atoms. The maximum Gasteiger partial charge on any atom is 0.410 e. The molecule has 22 heavy (non-hydrogen) atoms. The fraction of sp³-hybridized carbons (Fsp3) is 0.875. The van der Waals surface area contributed by atoms with E-state index < -0.39 is 5.60 Å². The molecule has 6 heteroatoms. The lowest BCUT2D eigenvalue weighted by molar-refractivity contribution is 0.0176. The first-order chi connectivity index (χ1) is 10.2. The van der Waals surface area contributed by atoms with Gasteiger partial charge < -0.3 is 19.9 Å². The minimum atomic E-state index is -0.449. The highest BCUT2D eigenvalue weighted by atomic mass is 16.6. The third-order valence-corrected chi connectivity index (χ3v) is 4.05. The molecule has 0 bridgehead atoms. The first-order valence-corrected chi connectivity index (χ1v) is 8.24. The molecule has 0 atom stereocenters. The molecule has 0 aromatic rings. The molecule has 0 radical (unpaired) electrons. The second-order valence-electron chi connectivity index (χ2n) is 7.52. The van der Waals surface area contributed by atoms with E-state index in [0.717, 1.165) is 32.2 Å². The SMILES string of the molecule is CN(CC1CCN(C(=O)OC(C)(C)C)CC1)C(=O)NC1CC1. The molecule has 2 fully saturated rings. The highest BCUT2D eigenvalue weighted by molar-refractivity contribution is 5.74. The molecule has 1 N–H and O–H groups in total. The van der Waals surface area contributed by atoms with Crippen LogP contribution in [0.15, 0.2) is 0 Å². The lowest BCUT2D eigenvalue weighted by Crippen LogP contribution is -2.45. The highest BCUT2D eigenvalue weighted by Gasteiger charge is 2.29. The molecule has 126 valence electrons. The van der Waals surface area contributed by atoms with Crippen molar-refractivity contribution >= 4 is 12.1 Å². The average molecular weight is 311 g/mol. The summed E-state index contributed by atoms with van der Waals surface area (Å²) >= 11 is 0. The van der Waals surface area contributed by atoms with Gasteiger partial charge in [-0.3, -0.25) is 0 Å². The Morgan fingerprint density at radius 3 is 2.27 bits per heavy atom. The summed E-state index contributed by atoms with van der Waals surface area (Å²) in [6.45, 7) is 7.80. The van der Waals surface area contributed by atoms with Gasteiger partial charge in [0.15, 0.2) is 0 Å². The van der Waals surface area contributed by atoms with Crippen LogP contribution in [0.1, 0.15) is 46.5 Å². The van der Waals surface area contributed by atoms with Crippen LogP contribution in [0.5, 0.6) is 0 Å². The number of carbonyl (C=O) groups excluding carboxylic acids is 2. The second-order valence-corrected chi connectivity index (χ2v) is 7.52. The lowest BCUT2D eigenvalue weighted by atomic mass is 9.96. The number of hydrogen-bond acceptors (Lipinski definition) is 3. The molecule has 1 saturated carbocycles. The van der Waals surface area contributed by atoms with E-state index in [2.05, 4.69) is 5.32 Å². The van der Waals surface area contributed by atoms with Crippen LogP contribution in [-0.2, 0) is 4.74 Å².